The van der Waals surface area contributed by atoms with Crippen LogP contribution in [0, 0.1) is 40.4 Å². The maximum Gasteiger partial charge on any atom is 0.302 e. The number of allylic oxidation sites excluding steroid dienone is 2. The van der Waals surface area contributed by atoms with Gasteiger partial charge in [-0.15, -0.1) is 0 Å². The maximum absolute atomic E-state index is 11.6. The van der Waals surface area contributed by atoms with E-state index in [1.54, 1.807) is 12.5 Å². The van der Waals surface area contributed by atoms with Crippen molar-refractivity contribution in [2.45, 2.75) is 118 Å². The van der Waals surface area contributed by atoms with Crippen LogP contribution in [0.2, 0.25) is 0 Å². The van der Waals surface area contributed by atoms with Gasteiger partial charge in [-0.2, -0.15) is 0 Å². The van der Waals surface area contributed by atoms with E-state index in [0.29, 0.717) is 23.2 Å². The molecule has 5 aliphatic rings. The molecule has 0 unspecified atom stereocenters. The maximum atomic E-state index is 11.6. The molecule has 1 N–H and O–H groups in total. The number of ether oxygens (including phenoxy) is 2. The van der Waals surface area contributed by atoms with E-state index in [4.69, 9.17) is 9.47 Å². The molecule has 5 heteroatoms. The molecule has 0 aromatic heterocycles. The SMILES string of the molecule is CC(=O)NC[C@H](C)CCC1=C(C)[C@H]2[C@@]3(C)CC[C@@H]4[C@@H](CC=C5C[C@@H](OC(C)=O)CC[C@@]54C)[C@H]3C[C@]2(C)O1. The second-order valence-corrected chi connectivity index (χ2v) is 14.0. The summed E-state index contributed by atoms with van der Waals surface area (Å²) >= 11 is 0. The third kappa shape index (κ3) is 4.46. The molecule has 5 nitrogen and oxygen atoms in total. The van der Waals surface area contributed by atoms with E-state index in [1.807, 2.05) is 0 Å². The smallest absolute Gasteiger partial charge is 0.302 e. The summed E-state index contributed by atoms with van der Waals surface area (Å²) in [5, 5.41) is 2.96. The van der Waals surface area contributed by atoms with Gasteiger partial charge in [0.2, 0.25) is 5.91 Å². The number of carbonyl (C=O) groups is 2. The predicted octanol–water partition coefficient (Wildman–Crippen LogP) is 6.72. The summed E-state index contributed by atoms with van der Waals surface area (Å²) in [6, 6.07) is 0. The third-order valence-electron chi connectivity index (χ3n) is 11.5. The first-order chi connectivity index (χ1) is 17.4. The van der Waals surface area contributed by atoms with Gasteiger partial charge in [0.05, 0.1) is 5.76 Å². The topological polar surface area (TPSA) is 64.6 Å². The van der Waals surface area contributed by atoms with Crippen LogP contribution in [0.1, 0.15) is 106 Å². The Morgan fingerprint density at radius 3 is 2.62 bits per heavy atom. The van der Waals surface area contributed by atoms with E-state index in [9.17, 15) is 9.59 Å². The molecule has 5 rings (SSSR count). The van der Waals surface area contributed by atoms with Crippen molar-refractivity contribution in [3.05, 3.63) is 23.0 Å². The number of esters is 1. The number of nitrogens with one attached hydrogen (secondary N) is 1. The number of hydrogen-bond acceptors (Lipinski definition) is 4. The summed E-state index contributed by atoms with van der Waals surface area (Å²) in [6.07, 6.45) is 12.6. The molecule has 1 amide bonds. The van der Waals surface area contributed by atoms with Gasteiger partial charge < -0.3 is 14.8 Å². The summed E-state index contributed by atoms with van der Waals surface area (Å²) in [6.45, 7) is 15.9. The normalized spacial score (nSPS) is 43.0. The monoisotopic (exact) mass is 511 g/mol. The van der Waals surface area contributed by atoms with Crippen LogP contribution in [0.4, 0.5) is 0 Å². The lowest BCUT2D eigenvalue weighted by Gasteiger charge is -2.58. The summed E-state index contributed by atoms with van der Waals surface area (Å²) in [5.74, 6) is 4.22. The predicted molar refractivity (Wildman–Crippen MR) is 145 cm³/mol. The van der Waals surface area contributed by atoms with Gasteiger partial charge in [-0.1, -0.05) is 32.4 Å². The van der Waals surface area contributed by atoms with E-state index in [1.165, 1.54) is 37.5 Å². The highest BCUT2D eigenvalue weighted by Gasteiger charge is 2.67. The van der Waals surface area contributed by atoms with Crippen LogP contribution in [0.15, 0.2) is 23.0 Å². The molecule has 0 saturated heterocycles. The van der Waals surface area contributed by atoms with Crippen molar-refractivity contribution in [3.63, 3.8) is 0 Å². The Morgan fingerprint density at radius 1 is 1.16 bits per heavy atom. The van der Waals surface area contributed by atoms with Crippen LogP contribution in [-0.4, -0.2) is 30.1 Å². The van der Waals surface area contributed by atoms with Crippen LogP contribution in [0.25, 0.3) is 0 Å². The van der Waals surface area contributed by atoms with Crippen LogP contribution in [0.5, 0.6) is 0 Å². The van der Waals surface area contributed by atoms with Gasteiger partial charge in [-0.05, 0) is 98.9 Å². The fourth-order valence-corrected chi connectivity index (χ4v) is 9.93. The molecule has 0 spiro atoms. The molecular formula is C32H49NO4. The molecule has 0 radical (unpaired) electrons. The van der Waals surface area contributed by atoms with E-state index in [0.717, 1.165) is 56.9 Å². The fourth-order valence-electron chi connectivity index (χ4n) is 9.93. The molecule has 206 valence electrons. The molecule has 9 atom stereocenters. The Labute approximate surface area is 224 Å². The van der Waals surface area contributed by atoms with Crippen LogP contribution >= 0.6 is 0 Å². The molecule has 1 aliphatic heterocycles. The van der Waals surface area contributed by atoms with Gasteiger partial charge in [0, 0.05) is 39.2 Å². The number of carbonyl (C=O) groups excluding carboxylic acids is 2. The first-order valence-electron chi connectivity index (χ1n) is 14.9. The molecule has 4 aliphatic carbocycles. The van der Waals surface area contributed by atoms with E-state index in [2.05, 4.69) is 46.0 Å². The van der Waals surface area contributed by atoms with Crippen molar-refractivity contribution >= 4 is 11.9 Å². The minimum atomic E-state index is -0.146. The standard InChI is InChI=1S/C32H49NO4/c1-19(18-33-21(3)34)8-11-28-20(2)29-31(6)15-13-26-25(27(31)17-32(29,7)37-28)10-9-23-16-24(36-22(4)35)12-14-30(23,26)5/h9,19,24-27,29H,8,10-18H2,1-7H3,(H,33,34)/t19-,24+,25-,26-,27-,29+,30+,31+,32+/m1/s1. The number of rotatable bonds is 6. The average molecular weight is 512 g/mol. The quantitative estimate of drug-likeness (QED) is 0.317. The molecule has 0 aromatic rings. The van der Waals surface area contributed by atoms with Gasteiger partial charge in [0.15, 0.2) is 0 Å². The lowest BCUT2D eigenvalue weighted by molar-refractivity contribution is -0.148. The van der Waals surface area contributed by atoms with Crippen molar-refractivity contribution in [1.82, 2.24) is 5.32 Å². The van der Waals surface area contributed by atoms with Crippen LogP contribution in [0.3, 0.4) is 0 Å². The van der Waals surface area contributed by atoms with Crippen molar-refractivity contribution in [2.24, 2.45) is 40.4 Å². The minimum Gasteiger partial charge on any atom is -0.491 e. The highest BCUT2D eigenvalue weighted by atomic mass is 16.5. The highest BCUT2D eigenvalue weighted by molar-refractivity contribution is 5.72. The zero-order chi connectivity index (χ0) is 26.8. The van der Waals surface area contributed by atoms with Gasteiger partial charge in [0.25, 0.3) is 0 Å². The summed E-state index contributed by atoms with van der Waals surface area (Å²) in [4.78, 5) is 22.9. The Morgan fingerprint density at radius 2 is 1.92 bits per heavy atom. The Kier molecular flexibility index (Phi) is 6.85. The highest BCUT2D eigenvalue weighted by Crippen LogP contribution is 2.71. The molecule has 0 aromatic carbocycles. The number of amides is 1. The fraction of sp³-hybridized carbons (Fsp3) is 0.812. The van der Waals surface area contributed by atoms with Crippen molar-refractivity contribution in [2.75, 3.05) is 6.54 Å². The summed E-state index contributed by atoms with van der Waals surface area (Å²) < 4.78 is 12.5. The first-order valence-corrected chi connectivity index (χ1v) is 14.9. The second kappa shape index (κ2) is 9.45. The van der Waals surface area contributed by atoms with E-state index < -0.39 is 0 Å². The number of hydrogen-bond donors (Lipinski definition) is 1. The minimum absolute atomic E-state index is 0.0481. The molecular weight excluding hydrogens is 462 g/mol. The molecule has 3 fully saturated rings. The van der Waals surface area contributed by atoms with Crippen LogP contribution < -0.4 is 5.32 Å². The van der Waals surface area contributed by atoms with Crippen molar-refractivity contribution in [1.29, 1.82) is 0 Å². The molecule has 37 heavy (non-hydrogen) atoms. The number of fused-ring (bicyclic) bond motifs is 7. The zero-order valence-electron chi connectivity index (χ0n) is 24.2. The first kappa shape index (κ1) is 26.8. The summed E-state index contributed by atoms with van der Waals surface area (Å²) in [7, 11) is 0. The zero-order valence-corrected chi connectivity index (χ0v) is 24.2. The van der Waals surface area contributed by atoms with Crippen molar-refractivity contribution in [3.8, 4) is 0 Å². The van der Waals surface area contributed by atoms with Crippen molar-refractivity contribution < 1.29 is 19.1 Å². The largest absolute Gasteiger partial charge is 0.491 e. The Hall–Kier alpha value is -1.78. The Bertz CT molecular complexity index is 1010. The average Bonchev–Trinajstić information content (AvgIpc) is 3.22. The van der Waals surface area contributed by atoms with Gasteiger partial charge in [0.1, 0.15) is 11.7 Å². The molecule has 0 bridgehead atoms. The van der Waals surface area contributed by atoms with Gasteiger partial charge >= 0.3 is 5.97 Å². The third-order valence-corrected chi connectivity index (χ3v) is 11.5. The Balaban J connectivity index is 1.32. The lowest BCUT2D eigenvalue weighted by Crippen LogP contribution is -2.50. The lowest BCUT2D eigenvalue weighted by atomic mass is 9.47. The summed E-state index contributed by atoms with van der Waals surface area (Å²) in [5.41, 5.74) is 3.51. The molecule has 1 heterocycles. The van der Waals surface area contributed by atoms with Crippen LogP contribution in [-0.2, 0) is 19.1 Å². The van der Waals surface area contributed by atoms with E-state index >= 15 is 0 Å². The molecule has 3 saturated carbocycles. The van der Waals surface area contributed by atoms with E-state index in [-0.39, 0.29) is 29.0 Å². The second-order valence-electron chi connectivity index (χ2n) is 14.0. The van der Waals surface area contributed by atoms with Gasteiger partial charge in [-0.3, -0.25) is 9.59 Å². The van der Waals surface area contributed by atoms with Gasteiger partial charge in [-0.25, -0.2) is 0 Å².